The fourth-order valence-corrected chi connectivity index (χ4v) is 3.09. The average Bonchev–Trinajstić information content (AvgIpc) is 3.39. The lowest BCUT2D eigenvalue weighted by Crippen LogP contribution is -2.17. The zero-order valence-corrected chi connectivity index (χ0v) is 16.3. The third kappa shape index (κ3) is 3.88. The minimum absolute atomic E-state index is 0.00345. The van der Waals surface area contributed by atoms with Crippen LogP contribution in [0.25, 0.3) is 10.8 Å². The quantitative estimate of drug-likeness (QED) is 0.489. The maximum absolute atomic E-state index is 12.5. The molecule has 2 aromatic heterocycles. The van der Waals surface area contributed by atoms with Crippen molar-refractivity contribution in [3.8, 4) is 5.75 Å². The van der Waals surface area contributed by atoms with Gasteiger partial charge in [0, 0.05) is 18.1 Å². The number of furan rings is 1. The number of benzene rings is 2. The van der Waals surface area contributed by atoms with Gasteiger partial charge in [0.2, 0.25) is 0 Å². The Bertz CT molecular complexity index is 1220. The number of hydrogen-bond donors (Lipinski definition) is 2. The summed E-state index contributed by atoms with van der Waals surface area (Å²) in [5.41, 5.74) is 5.56. The second-order valence-electron chi connectivity index (χ2n) is 6.60. The zero-order valence-electron chi connectivity index (χ0n) is 16.3. The molecule has 2 heterocycles. The molecule has 8 heteroatoms. The molecule has 0 aliphatic rings. The van der Waals surface area contributed by atoms with Crippen LogP contribution in [0.3, 0.4) is 0 Å². The molecule has 0 saturated carbocycles. The first-order valence-corrected chi connectivity index (χ1v) is 9.43. The summed E-state index contributed by atoms with van der Waals surface area (Å²) in [5.74, 6) is 0.0814. The number of carbonyl (C=O) groups is 2. The molecule has 4 aromatic rings. The number of anilines is 1. The van der Waals surface area contributed by atoms with E-state index < -0.39 is 11.8 Å². The highest BCUT2D eigenvalue weighted by molar-refractivity contribution is 6.06. The predicted octanol–water partition coefficient (Wildman–Crippen LogP) is 3.58. The monoisotopic (exact) mass is 404 g/mol. The van der Waals surface area contributed by atoms with Crippen LogP contribution in [0.1, 0.15) is 33.7 Å². The Labute approximate surface area is 172 Å². The lowest BCUT2D eigenvalue weighted by molar-refractivity contribution is 0.0992. The van der Waals surface area contributed by atoms with Gasteiger partial charge in [0.25, 0.3) is 11.8 Å². The first-order valence-electron chi connectivity index (χ1n) is 9.43. The van der Waals surface area contributed by atoms with Crippen molar-refractivity contribution in [2.24, 2.45) is 5.73 Å². The Morgan fingerprint density at radius 1 is 1.13 bits per heavy atom. The number of hydrogen-bond acceptors (Lipinski definition) is 5. The topological polar surface area (TPSA) is 112 Å². The zero-order chi connectivity index (χ0) is 21.1. The number of ether oxygens (including phenoxy) is 1. The number of amides is 2. The van der Waals surface area contributed by atoms with Crippen LogP contribution in [-0.2, 0) is 13.2 Å². The van der Waals surface area contributed by atoms with Crippen LogP contribution in [0, 0.1) is 0 Å². The molecule has 3 N–H and O–H groups in total. The van der Waals surface area contributed by atoms with E-state index >= 15 is 0 Å². The molecule has 0 aliphatic heterocycles. The molecule has 4 rings (SSSR count). The molecule has 0 atom stereocenters. The molecule has 8 nitrogen and oxygen atoms in total. The number of primary amides is 1. The molecule has 0 aliphatic carbocycles. The number of aromatic nitrogens is 2. The molecule has 0 spiro atoms. The summed E-state index contributed by atoms with van der Waals surface area (Å²) in [6.07, 6.45) is 1.55. The second-order valence-corrected chi connectivity index (χ2v) is 6.60. The van der Waals surface area contributed by atoms with Gasteiger partial charge in [0.1, 0.15) is 18.1 Å². The fourth-order valence-electron chi connectivity index (χ4n) is 3.09. The van der Waals surface area contributed by atoms with Crippen molar-refractivity contribution in [2.75, 3.05) is 5.32 Å². The summed E-state index contributed by atoms with van der Waals surface area (Å²) < 4.78 is 13.0. The average molecular weight is 404 g/mol. The summed E-state index contributed by atoms with van der Waals surface area (Å²) in [6, 6.07) is 17.0. The van der Waals surface area contributed by atoms with Gasteiger partial charge in [0.15, 0.2) is 11.5 Å². The smallest absolute Gasteiger partial charge is 0.291 e. The van der Waals surface area contributed by atoms with E-state index in [1.165, 1.54) is 4.68 Å². The van der Waals surface area contributed by atoms with Crippen LogP contribution >= 0.6 is 0 Å². The van der Waals surface area contributed by atoms with Gasteiger partial charge in [-0.05, 0) is 30.5 Å². The van der Waals surface area contributed by atoms with Gasteiger partial charge in [0.05, 0.1) is 5.69 Å². The number of nitrogens with two attached hydrogens (primary N) is 1. The number of rotatable bonds is 7. The van der Waals surface area contributed by atoms with Crippen molar-refractivity contribution in [2.45, 2.75) is 20.1 Å². The lowest BCUT2D eigenvalue weighted by atomic mass is 10.1. The molecule has 152 valence electrons. The minimum Gasteiger partial charge on any atom is -0.485 e. The molecular formula is C22H20N4O4. The van der Waals surface area contributed by atoms with Gasteiger partial charge < -0.3 is 20.2 Å². The summed E-state index contributed by atoms with van der Waals surface area (Å²) in [4.78, 5) is 24.1. The normalized spacial score (nSPS) is 10.8. The molecule has 2 aromatic carbocycles. The van der Waals surface area contributed by atoms with Crippen LogP contribution < -0.4 is 15.8 Å². The molecule has 0 fully saturated rings. The van der Waals surface area contributed by atoms with E-state index in [-0.39, 0.29) is 23.7 Å². The van der Waals surface area contributed by atoms with Crippen molar-refractivity contribution in [1.29, 1.82) is 0 Å². The van der Waals surface area contributed by atoms with Gasteiger partial charge in [-0.3, -0.25) is 14.3 Å². The predicted molar refractivity (Wildman–Crippen MR) is 111 cm³/mol. The molecule has 0 unspecified atom stereocenters. The number of aryl methyl sites for hydroxylation is 1. The van der Waals surface area contributed by atoms with Crippen LogP contribution in [-0.4, -0.2) is 21.6 Å². The first kappa shape index (κ1) is 19.3. The largest absolute Gasteiger partial charge is 0.485 e. The number of nitrogens with one attached hydrogen (secondary N) is 1. The van der Waals surface area contributed by atoms with E-state index in [1.807, 2.05) is 49.4 Å². The van der Waals surface area contributed by atoms with E-state index in [9.17, 15) is 9.59 Å². The van der Waals surface area contributed by atoms with Gasteiger partial charge in [-0.15, -0.1) is 0 Å². The number of carbonyl (C=O) groups excluding carboxylic acids is 2. The van der Waals surface area contributed by atoms with E-state index in [4.69, 9.17) is 14.9 Å². The van der Waals surface area contributed by atoms with E-state index in [0.29, 0.717) is 12.3 Å². The van der Waals surface area contributed by atoms with Crippen molar-refractivity contribution in [1.82, 2.24) is 9.78 Å². The highest BCUT2D eigenvalue weighted by Gasteiger charge is 2.19. The molecule has 0 saturated heterocycles. The van der Waals surface area contributed by atoms with Gasteiger partial charge in [-0.25, -0.2) is 0 Å². The Kier molecular flexibility index (Phi) is 5.21. The highest BCUT2D eigenvalue weighted by atomic mass is 16.5. The third-order valence-electron chi connectivity index (χ3n) is 4.57. The van der Waals surface area contributed by atoms with Crippen molar-refractivity contribution >= 4 is 28.3 Å². The Balaban J connectivity index is 1.46. The number of nitrogens with zero attached hydrogens (tertiary/aromatic N) is 2. The molecule has 30 heavy (non-hydrogen) atoms. The van der Waals surface area contributed by atoms with Crippen LogP contribution in [0.15, 0.2) is 65.2 Å². The Hall–Kier alpha value is -4.07. The van der Waals surface area contributed by atoms with E-state index in [2.05, 4.69) is 10.4 Å². The lowest BCUT2D eigenvalue weighted by Gasteiger charge is -2.08. The van der Waals surface area contributed by atoms with Gasteiger partial charge in [-0.1, -0.05) is 36.4 Å². The molecule has 2 amide bonds. The SMILES string of the molecule is CCn1cc(NC(=O)c2ccc(COc3cccc4ccccc34)o2)c(C(N)=O)n1. The first-order chi connectivity index (χ1) is 14.5. The fraction of sp³-hybridized carbons (Fsp3) is 0.136. The van der Waals surface area contributed by atoms with Gasteiger partial charge >= 0.3 is 0 Å². The van der Waals surface area contributed by atoms with Crippen molar-refractivity contribution in [3.05, 3.63) is 78.0 Å². The van der Waals surface area contributed by atoms with Crippen molar-refractivity contribution < 1.29 is 18.7 Å². The maximum atomic E-state index is 12.5. The van der Waals surface area contributed by atoms with Crippen molar-refractivity contribution in [3.63, 3.8) is 0 Å². The third-order valence-corrected chi connectivity index (χ3v) is 4.57. The standard InChI is InChI=1S/C22H20N4O4/c1-2-26-12-17(20(25-26)21(23)27)24-22(28)19-11-10-15(30-19)13-29-18-9-5-7-14-6-3-4-8-16(14)18/h3-12H,2,13H2,1H3,(H2,23,27)(H,24,28). The summed E-state index contributed by atoms with van der Waals surface area (Å²) in [5, 5.41) is 8.73. The van der Waals surface area contributed by atoms with E-state index in [0.717, 1.165) is 16.5 Å². The van der Waals surface area contributed by atoms with Crippen LogP contribution in [0.5, 0.6) is 5.75 Å². The molecule has 0 bridgehead atoms. The highest BCUT2D eigenvalue weighted by Crippen LogP contribution is 2.26. The Morgan fingerprint density at radius 3 is 2.73 bits per heavy atom. The summed E-state index contributed by atoms with van der Waals surface area (Å²) in [6.45, 7) is 2.56. The minimum atomic E-state index is -0.721. The van der Waals surface area contributed by atoms with Crippen LogP contribution in [0.2, 0.25) is 0 Å². The summed E-state index contributed by atoms with van der Waals surface area (Å²) in [7, 11) is 0. The number of fused-ring (bicyclic) bond motifs is 1. The van der Waals surface area contributed by atoms with Gasteiger partial charge in [-0.2, -0.15) is 5.10 Å². The summed E-state index contributed by atoms with van der Waals surface area (Å²) >= 11 is 0. The molecule has 0 radical (unpaired) electrons. The van der Waals surface area contributed by atoms with E-state index in [1.54, 1.807) is 18.3 Å². The maximum Gasteiger partial charge on any atom is 0.291 e. The van der Waals surface area contributed by atoms with Crippen LogP contribution in [0.4, 0.5) is 5.69 Å². The molecular weight excluding hydrogens is 384 g/mol. The second kappa shape index (κ2) is 8.12. The Morgan fingerprint density at radius 2 is 1.93 bits per heavy atom.